The van der Waals surface area contributed by atoms with Gasteiger partial charge in [-0.1, -0.05) is 121 Å². The van der Waals surface area contributed by atoms with Crippen LogP contribution in [0.25, 0.3) is 67.2 Å². The smallest absolute Gasteiger partial charge is 0.164 e. The molecule has 0 amide bonds. The SMILES string of the molecule is N#Cc1ccc(-c2cc3ccccc3cc2-c2ccc(-c3nc(-c4ccccc4)nc(-c4ccccc4)n3)cc2)cc1. The standard InChI is InChI=1S/C38H24N4/c39-25-26-15-17-27(18-16-26)34-23-32-13-7-8-14-33(32)24-35(34)28-19-21-31(22-20-28)38-41-36(29-9-3-1-4-10-29)40-37(42-38)30-11-5-2-6-12-30/h1-24H. The van der Waals surface area contributed by atoms with E-state index in [1.807, 2.05) is 84.9 Å². The normalized spacial score (nSPS) is 10.8. The van der Waals surface area contributed by atoms with E-state index in [4.69, 9.17) is 15.0 Å². The summed E-state index contributed by atoms with van der Waals surface area (Å²) in [7, 11) is 0. The molecule has 0 unspecified atom stereocenters. The second-order valence-electron chi connectivity index (χ2n) is 10.0. The van der Waals surface area contributed by atoms with Gasteiger partial charge in [-0.15, -0.1) is 0 Å². The first kappa shape index (κ1) is 25.1. The molecule has 6 aromatic carbocycles. The minimum Gasteiger partial charge on any atom is -0.208 e. The number of benzene rings is 6. The van der Waals surface area contributed by atoms with Crippen molar-refractivity contribution >= 4 is 10.8 Å². The number of fused-ring (bicyclic) bond motifs is 1. The van der Waals surface area contributed by atoms with Crippen molar-refractivity contribution in [1.82, 2.24) is 15.0 Å². The summed E-state index contributed by atoms with van der Waals surface area (Å²) >= 11 is 0. The van der Waals surface area contributed by atoms with Gasteiger partial charge in [0, 0.05) is 16.7 Å². The topological polar surface area (TPSA) is 62.5 Å². The summed E-state index contributed by atoms with van der Waals surface area (Å²) in [6.45, 7) is 0. The summed E-state index contributed by atoms with van der Waals surface area (Å²) < 4.78 is 0. The predicted molar refractivity (Wildman–Crippen MR) is 169 cm³/mol. The molecule has 196 valence electrons. The molecule has 0 spiro atoms. The van der Waals surface area contributed by atoms with Crippen LogP contribution >= 0.6 is 0 Å². The van der Waals surface area contributed by atoms with Crippen LogP contribution in [0.4, 0.5) is 0 Å². The van der Waals surface area contributed by atoms with Gasteiger partial charge in [0.25, 0.3) is 0 Å². The van der Waals surface area contributed by atoms with Crippen molar-refractivity contribution in [3.63, 3.8) is 0 Å². The van der Waals surface area contributed by atoms with Gasteiger partial charge in [-0.3, -0.25) is 0 Å². The van der Waals surface area contributed by atoms with Crippen LogP contribution in [-0.2, 0) is 0 Å². The largest absolute Gasteiger partial charge is 0.208 e. The molecule has 0 saturated heterocycles. The molecule has 0 fully saturated rings. The number of aromatic nitrogens is 3. The molecule has 0 saturated carbocycles. The lowest BCUT2D eigenvalue weighted by Gasteiger charge is -2.14. The maximum Gasteiger partial charge on any atom is 0.164 e. The molecule has 0 bridgehead atoms. The molecule has 0 N–H and O–H groups in total. The van der Waals surface area contributed by atoms with Gasteiger partial charge in [0.15, 0.2) is 17.5 Å². The molecule has 0 atom stereocenters. The molecule has 0 aliphatic rings. The van der Waals surface area contributed by atoms with Gasteiger partial charge in [0.2, 0.25) is 0 Å². The summed E-state index contributed by atoms with van der Waals surface area (Å²) in [6, 6.07) is 51.2. The van der Waals surface area contributed by atoms with E-state index in [0.717, 1.165) is 38.9 Å². The molecule has 0 radical (unpaired) electrons. The second-order valence-corrected chi connectivity index (χ2v) is 10.0. The Hall–Kier alpha value is -5.92. The molecule has 0 aliphatic carbocycles. The average Bonchev–Trinajstić information content (AvgIpc) is 3.08. The Morgan fingerprint density at radius 3 is 1.17 bits per heavy atom. The minimum absolute atomic E-state index is 0.625. The minimum atomic E-state index is 0.625. The molecular weight excluding hydrogens is 512 g/mol. The maximum atomic E-state index is 9.29. The average molecular weight is 537 g/mol. The van der Waals surface area contributed by atoms with Crippen molar-refractivity contribution in [2.45, 2.75) is 0 Å². The molecule has 4 nitrogen and oxygen atoms in total. The van der Waals surface area contributed by atoms with E-state index in [2.05, 4.69) is 66.7 Å². The third kappa shape index (κ3) is 4.92. The number of nitrogens with zero attached hydrogens (tertiary/aromatic N) is 4. The quantitative estimate of drug-likeness (QED) is 0.220. The van der Waals surface area contributed by atoms with Gasteiger partial charge in [0.05, 0.1) is 11.6 Å². The Balaban J connectivity index is 1.34. The van der Waals surface area contributed by atoms with Crippen LogP contribution in [0.2, 0.25) is 0 Å². The van der Waals surface area contributed by atoms with Crippen molar-refractivity contribution in [1.29, 1.82) is 5.26 Å². The van der Waals surface area contributed by atoms with Crippen LogP contribution < -0.4 is 0 Å². The molecule has 0 aliphatic heterocycles. The van der Waals surface area contributed by atoms with Crippen LogP contribution in [0.15, 0.2) is 146 Å². The highest BCUT2D eigenvalue weighted by atomic mass is 15.0. The number of hydrogen-bond donors (Lipinski definition) is 0. The first-order valence-electron chi connectivity index (χ1n) is 13.8. The Labute approximate surface area is 244 Å². The van der Waals surface area contributed by atoms with Gasteiger partial charge >= 0.3 is 0 Å². The Morgan fingerprint density at radius 2 is 0.738 bits per heavy atom. The molecule has 1 aromatic heterocycles. The highest BCUT2D eigenvalue weighted by molar-refractivity contribution is 5.96. The molecule has 7 rings (SSSR count). The van der Waals surface area contributed by atoms with E-state index < -0.39 is 0 Å². The highest BCUT2D eigenvalue weighted by Gasteiger charge is 2.14. The zero-order valence-corrected chi connectivity index (χ0v) is 22.6. The van der Waals surface area contributed by atoms with Gasteiger partial charge < -0.3 is 0 Å². The van der Waals surface area contributed by atoms with Gasteiger partial charge in [-0.05, 0) is 57.3 Å². The summed E-state index contributed by atoms with van der Waals surface area (Å²) in [6.07, 6.45) is 0. The predicted octanol–water partition coefficient (Wildman–Crippen LogP) is 9.23. The van der Waals surface area contributed by atoms with Crippen LogP contribution in [0.3, 0.4) is 0 Å². The zero-order valence-electron chi connectivity index (χ0n) is 22.6. The van der Waals surface area contributed by atoms with Gasteiger partial charge in [-0.2, -0.15) is 5.26 Å². The van der Waals surface area contributed by atoms with Gasteiger partial charge in [-0.25, -0.2) is 15.0 Å². The van der Waals surface area contributed by atoms with Gasteiger partial charge in [0.1, 0.15) is 0 Å². The lowest BCUT2D eigenvalue weighted by atomic mass is 9.91. The summed E-state index contributed by atoms with van der Waals surface area (Å²) in [5.41, 5.74) is 7.83. The number of nitriles is 1. The molecular formula is C38H24N4. The molecule has 1 heterocycles. The monoisotopic (exact) mass is 536 g/mol. The molecule has 7 aromatic rings. The highest BCUT2D eigenvalue weighted by Crippen LogP contribution is 2.37. The Morgan fingerprint density at radius 1 is 0.381 bits per heavy atom. The third-order valence-corrected chi connectivity index (χ3v) is 7.36. The Kier molecular flexibility index (Phi) is 6.52. The van der Waals surface area contributed by atoms with E-state index in [1.165, 1.54) is 10.8 Å². The fourth-order valence-electron chi connectivity index (χ4n) is 5.18. The van der Waals surface area contributed by atoms with E-state index in [0.29, 0.717) is 23.0 Å². The van der Waals surface area contributed by atoms with Crippen LogP contribution in [-0.4, -0.2) is 15.0 Å². The summed E-state index contributed by atoms with van der Waals surface area (Å²) in [5.74, 6) is 1.91. The first-order valence-corrected chi connectivity index (χ1v) is 13.8. The zero-order chi connectivity index (χ0) is 28.3. The van der Waals surface area contributed by atoms with Crippen molar-refractivity contribution in [2.75, 3.05) is 0 Å². The fraction of sp³-hybridized carbons (Fsp3) is 0. The summed E-state index contributed by atoms with van der Waals surface area (Å²) in [4.78, 5) is 14.6. The second kappa shape index (κ2) is 10.9. The number of rotatable bonds is 5. The van der Waals surface area contributed by atoms with E-state index >= 15 is 0 Å². The molecule has 42 heavy (non-hydrogen) atoms. The van der Waals surface area contributed by atoms with Crippen molar-refractivity contribution in [3.05, 3.63) is 151 Å². The van der Waals surface area contributed by atoms with Crippen LogP contribution in [0.1, 0.15) is 5.56 Å². The number of hydrogen-bond acceptors (Lipinski definition) is 4. The van der Waals surface area contributed by atoms with E-state index in [-0.39, 0.29) is 0 Å². The first-order chi connectivity index (χ1) is 20.7. The lowest BCUT2D eigenvalue weighted by Crippen LogP contribution is -2.00. The van der Waals surface area contributed by atoms with E-state index in [1.54, 1.807) is 0 Å². The fourth-order valence-corrected chi connectivity index (χ4v) is 5.18. The van der Waals surface area contributed by atoms with Crippen LogP contribution in [0, 0.1) is 11.3 Å². The maximum absolute atomic E-state index is 9.29. The van der Waals surface area contributed by atoms with Crippen molar-refractivity contribution < 1.29 is 0 Å². The molecule has 4 heteroatoms. The van der Waals surface area contributed by atoms with Crippen molar-refractivity contribution in [3.8, 4) is 62.5 Å². The van der Waals surface area contributed by atoms with Crippen LogP contribution in [0.5, 0.6) is 0 Å². The van der Waals surface area contributed by atoms with E-state index in [9.17, 15) is 5.26 Å². The van der Waals surface area contributed by atoms with Crippen molar-refractivity contribution in [2.24, 2.45) is 0 Å². The summed E-state index contributed by atoms with van der Waals surface area (Å²) in [5, 5.41) is 11.6. The Bertz CT molecular complexity index is 2000. The third-order valence-electron chi connectivity index (χ3n) is 7.36. The lowest BCUT2D eigenvalue weighted by molar-refractivity contribution is 1.07.